The molecule has 0 saturated heterocycles. The van der Waals surface area contributed by atoms with Crippen LogP contribution < -0.4 is 10.6 Å². The van der Waals surface area contributed by atoms with Gasteiger partial charge in [-0.25, -0.2) is 9.78 Å². The van der Waals surface area contributed by atoms with Gasteiger partial charge in [0.15, 0.2) is 0 Å². The van der Waals surface area contributed by atoms with E-state index in [2.05, 4.69) is 22.5 Å². The van der Waals surface area contributed by atoms with E-state index in [1.54, 1.807) is 6.92 Å². The van der Waals surface area contributed by atoms with E-state index in [0.29, 0.717) is 12.6 Å². The second kappa shape index (κ2) is 8.17. The number of anilines is 1. The summed E-state index contributed by atoms with van der Waals surface area (Å²) in [7, 11) is 0. The summed E-state index contributed by atoms with van der Waals surface area (Å²) in [6.07, 6.45) is 0.584. The van der Waals surface area contributed by atoms with Crippen LogP contribution in [0.3, 0.4) is 0 Å². The first-order valence-corrected chi connectivity index (χ1v) is 7.81. The van der Waals surface area contributed by atoms with Gasteiger partial charge in [0.05, 0.1) is 17.6 Å². The van der Waals surface area contributed by atoms with Crippen LogP contribution in [-0.4, -0.2) is 34.7 Å². The molecule has 0 aliphatic heterocycles. The summed E-state index contributed by atoms with van der Waals surface area (Å²) < 4.78 is 6.73. The van der Waals surface area contributed by atoms with Crippen molar-refractivity contribution in [1.82, 2.24) is 14.9 Å². The third-order valence-electron chi connectivity index (χ3n) is 3.25. The number of ether oxygens (including phenoxy) is 1. The lowest BCUT2D eigenvalue weighted by molar-refractivity contribution is -0.116. The van der Waals surface area contributed by atoms with Crippen molar-refractivity contribution in [2.45, 2.75) is 33.2 Å². The number of hydrogen-bond donors (Lipinski definition) is 2. The maximum atomic E-state index is 12.0. The molecule has 0 saturated carbocycles. The van der Waals surface area contributed by atoms with Crippen LogP contribution in [0.5, 0.6) is 0 Å². The monoisotopic (exact) mass is 318 g/mol. The lowest BCUT2D eigenvalue weighted by atomic mass is 10.3. The predicted octanol–water partition coefficient (Wildman–Crippen LogP) is 2.52. The van der Waals surface area contributed by atoms with E-state index in [-0.39, 0.29) is 18.9 Å². The van der Waals surface area contributed by atoms with E-state index in [1.807, 2.05) is 28.8 Å². The number of rotatable bonds is 7. The Bertz CT molecular complexity index is 681. The molecule has 2 rings (SSSR count). The molecule has 2 N–H and O–H groups in total. The molecule has 0 spiro atoms. The molecule has 23 heavy (non-hydrogen) atoms. The van der Waals surface area contributed by atoms with Crippen molar-refractivity contribution in [3.8, 4) is 0 Å². The largest absolute Gasteiger partial charge is 0.450 e. The Morgan fingerprint density at radius 3 is 2.78 bits per heavy atom. The summed E-state index contributed by atoms with van der Waals surface area (Å²) in [5.41, 5.74) is 1.84. The van der Waals surface area contributed by atoms with Crippen LogP contribution in [0.4, 0.5) is 10.7 Å². The van der Waals surface area contributed by atoms with Gasteiger partial charge >= 0.3 is 6.09 Å². The molecule has 1 aromatic heterocycles. The van der Waals surface area contributed by atoms with E-state index < -0.39 is 6.09 Å². The predicted molar refractivity (Wildman–Crippen MR) is 88.3 cm³/mol. The molecule has 7 heteroatoms. The lowest BCUT2D eigenvalue weighted by Crippen LogP contribution is -2.28. The fourth-order valence-electron chi connectivity index (χ4n) is 2.27. The van der Waals surface area contributed by atoms with Gasteiger partial charge in [0.2, 0.25) is 11.9 Å². The van der Waals surface area contributed by atoms with Crippen LogP contribution in [0.1, 0.15) is 26.7 Å². The highest BCUT2D eigenvalue weighted by Crippen LogP contribution is 2.20. The highest BCUT2D eigenvalue weighted by molar-refractivity contribution is 5.91. The number of amides is 2. The van der Waals surface area contributed by atoms with Gasteiger partial charge in [-0.2, -0.15) is 0 Å². The number of imidazole rings is 1. The topological polar surface area (TPSA) is 85.2 Å². The molecular weight excluding hydrogens is 296 g/mol. The number of nitrogens with zero attached hydrogens (tertiary/aromatic N) is 2. The number of carbonyl (C=O) groups excluding carboxylic acids is 2. The number of fused-ring (bicyclic) bond motifs is 1. The zero-order valence-corrected chi connectivity index (χ0v) is 13.5. The van der Waals surface area contributed by atoms with Crippen LogP contribution >= 0.6 is 0 Å². The molecule has 0 atom stereocenters. The summed E-state index contributed by atoms with van der Waals surface area (Å²) in [4.78, 5) is 27.6. The Balaban J connectivity index is 1.99. The van der Waals surface area contributed by atoms with Crippen molar-refractivity contribution >= 4 is 29.0 Å². The van der Waals surface area contributed by atoms with Crippen LogP contribution in [0, 0.1) is 0 Å². The molecule has 7 nitrogen and oxygen atoms in total. The molecule has 0 radical (unpaired) electrons. The fraction of sp³-hybridized carbons (Fsp3) is 0.438. The second-order valence-electron chi connectivity index (χ2n) is 5.02. The van der Waals surface area contributed by atoms with Gasteiger partial charge in [-0.3, -0.25) is 10.1 Å². The summed E-state index contributed by atoms with van der Waals surface area (Å²) in [6.45, 7) is 5.10. The van der Waals surface area contributed by atoms with Crippen LogP contribution in [-0.2, 0) is 16.1 Å². The fourth-order valence-corrected chi connectivity index (χ4v) is 2.27. The van der Waals surface area contributed by atoms with Crippen LogP contribution in [0.25, 0.3) is 11.0 Å². The highest BCUT2D eigenvalue weighted by Gasteiger charge is 2.12. The molecule has 124 valence electrons. The van der Waals surface area contributed by atoms with Gasteiger partial charge in [0, 0.05) is 19.5 Å². The number of alkyl carbamates (subject to hydrolysis) is 1. The van der Waals surface area contributed by atoms with E-state index in [1.165, 1.54) is 0 Å². The van der Waals surface area contributed by atoms with Crippen molar-refractivity contribution in [3.05, 3.63) is 24.3 Å². The van der Waals surface area contributed by atoms with Crippen molar-refractivity contribution in [1.29, 1.82) is 0 Å². The summed E-state index contributed by atoms with van der Waals surface area (Å²) in [5.74, 6) is 0.337. The highest BCUT2D eigenvalue weighted by atomic mass is 16.5. The van der Waals surface area contributed by atoms with Gasteiger partial charge in [-0.1, -0.05) is 19.1 Å². The summed E-state index contributed by atoms with van der Waals surface area (Å²) in [5, 5.41) is 5.33. The van der Waals surface area contributed by atoms with Crippen molar-refractivity contribution in [2.24, 2.45) is 0 Å². The number of benzene rings is 1. The third kappa shape index (κ3) is 4.45. The number of carbonyl (C=O) groups is 2. The van der Waals surface area contributed by atoms with E-state index in [9.17, 15) is 9.59 Å². The maximum absolute atomic E-state index is 12.0. The van der Waals surface area contributed by atoms with Crippen molar-refractivity contribution in [2.75, 3.05) is 18.5 Å². The molecule has 0 bridgehead atoms. The lowest BCUT2D eigenvalue weighted by Gasteiger charge is -2.09. The third-order valence-corrected chi connectivity index (χ3v) is 3.25. The van der Waals surface area contributed by atoms with Gasteiger partial charge in [0.25, 0.3) is 0 Å². The van der Waals surface area contributed by atoms with Crippen LogP contribution in [0.15, 0.2) is 24.3 Å². The molecule has 0 aliphatic rings. The van der Waals surface area contributed by atoms with Gasteiger partial charge in [-0.05, 0) is 25.5 Å². The molecule has 1 heterocycles. The molecule has 1 aromatic carbocycles. The average Bonchev–Trinajstić information content (AvgIpc) is 2.86. The zero-order valence-electron chi connectivity index (χ0n) is 13.5. The Labute approximate surface area is 135 Å². The quantitative estimate of drug-likeness (QED) is 0.821. The molecule has 2 aromatic rings. The minimum atomic E-state index is -0.515. The van der Waals surface area contributed by atoms with E-state index in [0.717, 1.165) is 24.0 Å². The van der Waals surface area contributed by atoms with E-state index in [4.69, 9.17) is 4.74 Å². The summed E-state index contributed by atoms with van der Waals surface area (Å²) >= 11 is 0. The maximum Gasteiger partial charge on any atom is 0.407 e. The van der Waals surface area contributed by atoms with Crippen molar-refractivity contribution < 1.29 is 14.3 Å². The average molecular weight is 318 g/mol. The normalized spacial score (nSPS) is 10.5. The summed E-state index contributed by atoms with van der Waals surface area (Å²) in [6, 6.07) is 7.76. The van der Waals surface area contributed by atoms with Crippen molar-refractivity contribution in [3.63, 3.8) is 0 Å². The molecule has 0 unspecified atom stereocenters. The molecule has 0 aliphatic carbocycles. The Morgan fingerprint density at radius 1 is 1.26 bits per heavy atom. The Morgan fingerprint density at radius 2 is 2.04 bits per heavy atom. The van der Waals surface area contributed by atoms with Gasteiger partial charge in [-0.15, -0.1) is 0 Å². The Hall–Kier alpha value is -2.57. The number of para-hydroxylation sites is 2. The molecular formula is C16H22N4O3. The molecule has 2 amide bonds. The van der Waals surface area contributed by atoms with Gasteiger partial charge < -0.3 is 14.6 Å². The Kier molecular flexibility index (Phi) is 5.96. The minimum Gasteiger partial charge on any atom is -0.450 e. The van der Waals surface area contributed by atoms with Crippen LogP contribution in [0.2, 0.25) is 0 Å². The van der Waals surface area contributed by atoms with E-state index >= 15 is 0 Å². The number of nitrogens with one attached hydrogen (secondary N) is 2. The number of aryl methyl sites for hydroxylation is 1. The smallest absolute Gasteiger partial charge is 0.407 e. The first kappa shape index (κ1) is 16.8. The number of hydrogen-bond acceptors (Lipinski definition) is 4. The second-order valence-corrected chi connectivity index (χ2v) is 5.02. The number of aromatic nitrogens is 2. The van der Waals surface area contributed by atoms with Gasteiger partial charge in [0.1, 0.15) is 0 Å². The first-order chi connectivity index (χ1) is 11.2. The SMILES string of the molecule is CCCn1c(NC(=O)CCNC(=O)OCC)nc2ccccc21. The zero-order chi connectivity index (χ0) is 16.7. The molecule has 0 fully saturated rings. The standard InChI is InChI=1S/C16H22N4O3/c1-3-11-20-13-8-6-5-7-12(13)18-15(20)19-14(21)9-10-17-16(22)23-4-2/h5-8H,3-4,9-11H2,1-2H3,(H,17,22)(H,18,19,21). The minimum absolute atomic E-state index is 0.161. The first-order valence-electron chi connectivity index (χ1n) is 7.81.